The highest BCUT2D eigenvalue weighted by Gasteiger charge is 2.14. The third-order valence-electron chi connectivity index (χ3n) is 3.80. The predicted octanol–water partition coefficient (Wildman–Crippen LogP) is 3.05. The highest BCUT2D eigenvalue weighted by Crippen LogP contribution is 2.15. The lowest BCUT2D eigenvalue weighted by molar-refractivity contribution is -0.128. The number of benzene rings is 1. The van der Waals surface area contributed by atoms with Gasteiger partial charge < -0.3 is 20.0 Å². The second kappa shape index (κ2) is 9.46. The van der Waals surface area contributed by atoms with E-state index in [0.29, 0.717) is 36.6 Å². The molecular weight excluding hydrogens is 330 g/mol. The topological polar surface area (TPSA) is 74.6 Å². The van der Waals surface area contributed by atoms with Crippen molar-refractivity contribution in [2.24, 2.45) is 0 Å². The van der Waals surface area contributed by atoms with Gasteiger partial charge in [-0.15, -0.1) is 0 Å². The first-order valence-electron chi connectivity index (χ1n) is 8.57. The maximum absolute atomic E-state index is 12.4. The Bertz CT molecular complexity index is 753. The molecule has 2 N–H and O–H groups in total. The van der Waals surface area contributed by atoms with Crippen molar-refractivity contribution >= 4 is 17.5 Å². The van der Waals surface area contributed by atoms with Crippen LogP contribution in [0.1, 0.15) is 30.0 Å². The molecule has 2 amide bonds. The minimum absolute atomic E-state index is 0.0405. The lowest BCUT2D eigenvalue weighted by atomic mass is 10.1. The Kier molecular flexibility index (Phi) is 7.02. The molecular formula is C20H25N3O3. The number of nitrogens with zero attached hydrogens (tertiary/aromatic N) is 1. The Labute approximate surface area is 153 Å². The molecule has 1 aromatic carbocycles. The molecule has 2 rings (SSSR count). The maximum Gasteiger partial charge on any atom is 0.253 e. The fourth-order valence-electron chi connectivity index (χ4n) is 2.50. The average molecular weight is 355 g/mol. The van der Waals surface area contributed by atoms with Crippen LogP contribution in [0.2, 0.25) is 0 Å². The van der Waals surface area contributed by atoms with Crippen LogP contribution in [0.15, 0.2) is 59.2 Å². The molecule has 1 aromatic heterocycles. The molecule has 0 saturated heterocycles. The molecule has 0 unspecified atom stereocenters. The van der Waals surface area contributed by atoms with Gasteiger partial charge in [0.05, 0.1) is 24.9 Å². The standard InChI is InChI=1S/C20H25N3O3/c1-4-23(14-15(2)3)19(24)13-21-18-10-6-5-9-17(18)20(25)22-12-16-8-7-11-26-16/h5-11,21H,2,4,12-14H2,1,3H3,(H,22,25). The molecule has 0 bridgehead atoms. The minimum Gasteiger partial charge on any atom is -0.467 e. The first-order valence-corrected chi connectivity index (χ1v) is 8.57. The van der Waals surface area contributed by atoms with E-state index in [2.05, 4.69) is 17.2 Å². The number of rotatable bonds is 9. The molecule has 0 aliphatic heterocycles. The lowest BCUT2D eigenvalue weighted by Crippen LogP contribution is -2.36. The van der Waals surface area contributed by atoms with Gasteiger partial charge in [0.25, 0.3) is 5.91 Å². The van der Waals surface area contributed by atoms with Crippen molar-refractivity contribution in [3.05, 3.63) is 66.1 Å². The summed E-state index contributed by atoms with van der Waals surface area (Å²) in [4.78, 5) is 26.5. The summed E-state index contributed by atoms with van der Waals surface area (Å²) in [6.45, 7) is 9.23. The summed E-state index contributed by atoms with van der Waals surface area (Å²) < 4.78 is 5.21. The Hall–Kier alpha value is -3.02. The smallest absolute Gasteiger partial charge is 0.253 e. The van der Waals surface area contributed by atoms with E-state index in [1.165, 1.54) is 0 Å². The molecule has 0 aliphatic carbocycles. The zero-order valence-electron chi connectivity index (χ0n) is 15.2. The Morgan fingerprint density at radius 3 is 2.62 bits per heavy atom. The van der Waals surface area contributed by atoms with Crippen LogP contribution in [0.25, 0.3) is 0 Å². The summed E-state index contributed by atoms with van der Waals surface area (Å²) in [5.74, 6) is 0.407. The molecule has 0 saturated carbocycles. The van der Waals surface area contributed by atoms with Crippen molar-refractivity contribution in [1.29, 1.82) is 0 Å². The molecule has 6 nitrogen and oxygen atoms in total. The third kappa shape index (κ3) is 5.51. The van der Waals surface area contributed by atoms with Gasteiger partial charge in [-0.2, -0.15) is 0 Å². The van der Waals surface area contributed by atoms with Gasteiger partial charge >= 0.3 is 0 Å². The van der Waals surface area contributed by atoms with E-state index in [4.69, 9.17) is 4.42 Å². The summed E-state index contributed by atoms with van der Waals surface area (Å²) in [5.41, 5.74) is 2.02. The number of amides is 2. The summed E-state index contributed by atoms with van der Waals surface area (Å²) in [6, 6.07) is 10.7. The quantitative estimate of drug-likeness (QED) is 0.678. The largest absolute Gasteiger partial charge is 0.467 e. The number of likely N-dealkylation sites (N-methyl/N-ethyl adjacent to an activating group) is 1. The minimum atomic E-state index is -0.230. The first-order chi connectivity index (χ1) is 12.5. The van der Waals surface area contributed by atoms with Crippen molar-refractivity contribution in [1.82, 2.24) is 10.2 Å². The lowest BCUT2D eigenvalue weighted by Gasteiger charge is -2.21. The molecule has 0 radical (unpaired) electrons. The van der Waals surface area contributed by atoms with Crippen LogP contribution in [0.5, 0.6) is 0 Å². The molecule has 1 heterocycles. The van der Waals surface area contributed by atoms with Crippen LogP contribution in [-0.4, -0.2) is 36.3 Å². The van der Waals surface area contributed by atoms with Crippen molar-refractivity contribution in [3.8, 4) is 0 Å². The summed E-state index contributed by atoms with van der Waals surface area (Å²) >= 11 is 0. The van der Waals surface area contributed by atoms with E-state index in [1.54, 1.807) is 41.5 Å². The van der Waals surface area contributed by atoms with Crippen LogP contribution in [0.4, 0.5) is 5.69 Å². The van der Waals surface area contributed by atoms with Gasteiger partial charge in [0.2, 0.25) is 5.91 Å². The molecule has 26 heavy (non-hydrogen) atoms. The molecule has 0 atom stereocenters. The van der Waals surface area contributed by atoms with Gasteiger partial charge in [0.1, 0.15) is 5.76 Å². The Morgan fingerprint density at radius 1 is 1.19 bits per heavy atom. The molecule has 0 fully saturated rings. The highest BCUT2D eigenvalue weighted by molar-refractivity contribution is 6.00. The number of carbonyl (C=O) groups is 2. The van der Waals surface area contributed by atoms with Gasteiger partial charge in [0, 0.05) is 18.8 Å². The number of hydrogen-bond acceptors (Lipinski definition) is 4. The summed E-state index contributed by atoms with van der Waals surface area (Å²) in [5, 5.41) is 5.88. The predicted molar refractivity (Wildman–Crippen MR) is 102 cm³/mol. The number of para-hydroxylation sites is 1. The van der Waals surface area contributed by atoms with E-state index in [-0.39, 0.29) is 18.4 Å². The third-order valence-corrected chi connectivity index (χ3v) is 3.80. The number of nitrogens with one attached hydrogen (secondary N) is 2. The van der Waals surface area contributed by atoms with E-state index in [0.717, 1.165) is 5.57 Å². The molecule has 2 aromatic rings. The highest BCUT2D eigenvalue weighted by atomic mass is 16.3. The first kappa shape index (κ1) is 19.3. The van der Waals surface area contributed by atoms with Crippen LogP contribution in [0, 0.1) is 0 Å². The fraction of sp³-hybridized carbons (Fsp3) is 0.300. The number of furan rings is 1. The van der Waals surface area contributed by atoms with E-state index in [9.17, 15) is 9.59 Å². The Morgan fingerprint density at radius 2 is 1.96 bits per heavy atom. The van der Waals surface area contributed by atoms with Gasteiger partial charge in [-0.05, 0) is 38.1 Å². The normalized spacial score (nSPS) is 10.2. The fourth-order valence-corrected chi connectivity index (χ4v) is 2.50. The van der Waals surface area contributed by atoms with Crippen molar-refractivity contribution in [3.63, 3.8) is 0 Å². The zero-order chi connectivity index (χ0) is 18.9. The van der Waals surface area contributed by atoms with E-state index < -0.39 is 0 Å². The van der Waals surface area contributed by atoms with Gasteiger partial charge in [-0.1, -0.05) is 24.3 Å². The second-order valence-electron chi connectivity index (χ2n) is 6.03. The second-order valence-corrected chi connectivity index (χ2v) is 6.03. The average Bonchev–Trinajstić information content (AvgIpc) is 3.15. The number of hydrogen-bond donors (Lipinski definition) is 2. The van der Waals surface area contributed by atoms with Crippen molar-refractivity contribution in [2.75, 3.05) is 25.0 Å². The molecule has 0 aliphatic rings. The van der Waals surface area contributed by atoms with Crippen molar-refractivity contribution < 1.29 is 14.0 Å². The molecule has 138 valence electrons. The summed E-state index contributed by atoms with van der Waals surface area (Å²) in [7, 11) is 0. The van der Waals surface area contributed by atoms with Crippen LogP contribution >= 0.6 is 0 Å². The number of anilines is 1. The number of carbonyl (C=O) groups excluding carboxylic acids is 2. The molecule has 0 spiro atoms. The van der Waals surface area contributed by atoms with Gasteiger partial charge in [-0.25, -0.2) is 0 Å². The summed E-state index contributed by atoms with van der Waals surface area (Å²) in [6.07, 6.45) is 1.56. The van der Waals surface area contributed by atoms with Crippen LogP contribution in [-0.2, 0) is 11.3 Å². The van der Waals surface area contributed by atoms with Crippen molar-refractivity contribution in [2.45, 2.75) is 20.4 Å². The van der Waals surface area contributed by atoms with Gasteiger partial charge in [-0.3, -0.25) is 9.59 Å². The van der Waals surface area contributed by atoms with E-state index >= 15 is 0 Å². The monoisotopic (exact) mass is 355 g/mol. The molecule has 6 heteroatoms. The SMILES string of the molecule is C=C(C)CN(CC)C(=O)CNc1ccccc1C(=O)NCc1ccco1. The maximum atomic E-state index is 12.4. The van der Waals surface area contributed by atoms with Gasteiger partial charge in [0.15, 0.2) is 0 Å². The Balaban J connectivity index is 1.98. The van der Waals surface area contributed by atoms with Crippen LogP contribution < -0.4 is 10.6 Å². The van der Waals surface area contributed by atoms with Crippen LogP contribution in [0.3, 0.4) is 0 Å². The van der Waals surface area contributed by atoms with E-state index in [1.807, 2.05) is 19.9 Å². The zero-order valence-corrected chi connectivity index (χ0v) is 15.2.